The van der Waals surface area contributed by atoms with Crippen LogP contribution in [0.2, 0.25) is 0 Å². The van der Waals surface area contributed by atoms with Crippen molar-refractivity contribution in [3.8, 4) is 0 Å². The average Bonchev–Trinajstić information content (AvgIpc) is 2.39. The molecule has 0 aliphatic rings. The Labute approximate surface area is 127 Å². The summed E-state index contributed by atoms with van der Waals surface area (Å²) >= 11 is 2.30. The van der Waals surface area contributed by atoms with Crippen LogP contribution in [0.5, 0.6) is 0 Å². The van der Waals surface area contributed by atoms with Gasteiger partial charge in [-0.3, -0.25) is 0 Å². The van der Waals surface area contributed by atoms with Crippen LogP contribution >= 0.6 is 22.6 Å². The number of halogens is 2. The van der Waals surface area contributed by atoms with Crippen molar-refractivity contribution < 1.29 is 4.39 Å². The largest absolute Gasteiger partial charge is 0.313 e. The van der Waals surface area contributed by atoms with Crippen molar-refractivity contribution in [2.45, 2.75) is 19.4 Å². The molecule has 100 valence electrons. The van der Waals surface area contributed by atoms with Gasteiger partial charge in [0, 0.05) is 9.61 Å². The Morgan fingerprint density at radius 2 is 1.84 bits per heavy atom. The van der Waals surface area contributed by atoms with Gasteiger partial charge in [0.25, 0.3) is 0 Å². The fourth-order valence-electron chi connectivity index (χ4n) is 2.25. The van der Waals surface area contributed by atoms with E-state index in [0.717, 1.165) is 17.5 Å². The van der Waals surface area contributed by atoms with Crippen LogP contribution in [-0.2, 0) is 6.42 Å². The van der Waals surface area contributed by atoms with Crippen molar-refractivity contribution in [2.24, 2.45) is 0 Å². The van der Waals surface area contributed by atoms with Gasteiger partial charge in [-0.2, -0.15) is 0 Å². The van der Waals surface area contributed by atoms with E-state index >= 15 is 0 Å². The summed E-state index contributed by atoms with van der Waals surface area (Å²) in [5.41, 5.74) is 3.43. The van der Waals surface area contributed by atoms with Gasteiger partial charge < -0.3 is 5.32 Å². The van der Waals surface area contributed by atoms with Crippen LogP contribution < -0.4 is 5.32 Å². The highest BCUT2D eigenvalue weighted by Crippen LogP contribution is 2.22. The van der Waals surface area contributed by atoms with E-state index in [1.54, 1.807) is 6.07 Å². The summed E-state index contributed by atoms with van der Waals surface area (Å²) in [6.07, 6.45) is 0.903. The highest BCUT2D eigenvalue weighted by atomic mass is 127. The normalized spacial score (nSPS) is 12.4. The fraction of sp³-hybridized carbons (Fsp3) is 0.250. The molecule has 0 amide bonds. The van der Waals surface area contributed by atoms with Gasteiger partial charge in [-0.15, -0.1) is 0 Å². The molecule has 0 spiro atoms. The van der Waals surface area contributed by atoms with Gasteiger partial charge in [-0.25, -0.2) is 4.39 Å². The maximum absolute atomic E-state index is 13.2. The molecule has 0 bridgehead atoms. The lowest BCUT2D eigenvalue weighted by Gasteiger charge is -2.19. The molecule has 1 unspecified atom stereocenters. The van der Waals surface area contributed by atoms with Gasteiger partial charge in [-0.1, -0.05) is 18.2 Å². The molecule has 0 aliphatic carbocycles. The number of nitrogens with one attached hydrogen (secondary N) is 1. The Morgan fingerprint density at radius 1 is 1.16 bits per heavy atom. The lowest BCUT2D eigenvalue weighted by Crippen LogP contribution is -2.19. The first-order valence-electron chi connectivity index (χ1n) is 6.28. The Kier molecular flexibility index (Phi) is 4.93. The summed E-state index contributed by atoms with van der Waals surface area (Å²) in [7, 11) is 1.94. The molecule has 3 heteroatoms. The third kappa shape index (κ3) is 3.76. The zero-order valence-corrected chi connectivity index (χ0v) is 13.2. The van der Waals surface area contributed by atoms with Gasteiger partial charge in [0.1, 0.15) is 5.82 Å². The number of hydrogen-bond donors (Lipinski definition) is 1. The molecule has 0 radical (unpaired) electrons. The summed E-state index contributed by atoms with van der Waals surface area (Å²) < 4.78 is 14.4. The quantitative estimate of drug-likeness (QED) is 0.795. The molecule has 0 aliphatic heterocycles. The van der Waals surface area contributed by atoms with E-state index in [4.69, 9.17) is 0 Å². The molecule has 2 aromatic carbocycles. The van der Waals surface area contributed by atoms with Crippen molar-refractivity contribution in [2.75, 3.05) is 7.05 Å². The molecule has 1 nitrogen and oxygen atoms in total. The molecule has 0 saturated heterocycles. The molecule has 2 rings (SSSR count). The van der Waals surface area contributed by atoms with Crippen LogP contribution in [0.25, 0.3) is 0 Å². The van der Waals surface area contributed by atoms with Crippen LogP contribution in [0.15, 0.2) is 42.5 Å². The molecule has 19 heavy (non-hydrogen) atoms. The fourth-order valence-corrected chi connectivity index (χ4v) is 2.61. The average molecular weight is 369 g/mol. The minimum Gasteiger partial charge on any atom is -0.313 e. The van der Waals surface area contributed by atoms with E-state index in [1.165, 1.54) is 15.2 Å². The van der Waals surface area contributed by atoms with Crippen molar-refractivity contribution in [1.82, 2.24) is 5.32 Å². The van der Waals surface area contributed by atoms with E-state index in [-0.39, 0.29) is 11.9 Å². The Morgan fingerprint density at radius 3 is 2.42 bits per heavy atom. The molecule has 1 N–H and O–H groups in total. The maximum atomic E-state index is 13.2. The van der Waals surface area contributed by atoms with E-state index < -0.39 is 0 Å². The first-order chi connectivity index (χ1) is 9.10. The zero-order valence-electron chi connectivity index (χ0n) is 11.1. The third-order valence-corrected chi connectivity index (χ3v) is 4.03. The van der Waals surface area contributed by atoms with Crippen molar-refractivity contribution in [3.63, 3.8) is 0 Å². The molecule has 0 saturated carbocycles. The number of hydrogen-bond acceptors (Lipinski definition) is 1. The summed E-state index contributed by atoms with van der Waals surface area (Å²) in [5.74, 6) is -0.176. The molecule has 0 fully saturated rings. The second kappa shape index (κ2) is 6.48. The van der Waals surface area contributed by atoms with Crippen molar-refractivity contribution in [1.29, 1.82) is 0 Å². The van der Waals surface area contributed by atoms with E-state index in [0.29, 0.717) is 0 Å². The van der Waals surface area contributed by atoms with Crippen LogP contribution in [0.1, 0.15) is 22.7 Å². The van der Waals surface area contributed by atoms with E-state index in [1.807, 2.05) is 20.0 Å². The predicted molar refractivity (Wildman–Crippen MR) is 85.8 cm³/mol. The van der Waals surface area contributed by atoms with Crippen LogP contribution in [0.3, 0.4) is 0 Å². The number of rotatable bonds is 4. The first-order valence-corrected chi connectivity index (χ1v) is 7.36. The minimum absolute atomic E-state index is 0.176. The van der Waals surface area contributed by atoms with E-state index in [2.05, 4.69) is 52.2 Å². The maximum Gasteiger partial charge on any atom is 0.123 e. The summed E-state index contributed by atoms with van der Waals surface area (Å²) in [6, 6.07) is 13.7. The number of likely N-dealkylation sites (N-methyl/N-ethyl adjacent to an activating group) is 1. The molecule has 0 heterocycles. The SMILES string of the molecule is CNC(Cc1ccc(I)cc1)c1ccc(F)cc1C. The van der Waals surface area contributed by atoms with E-state index in [9.17, 15) is 4.39 Å². The standard InChI is InChI=1S/C16H17FIN/c1-11-9-13(17)5-8-15(11)16(19-2)10-12-3-6-14(18)7-4-12/h3-9,16,19H,10H2,1-2H3. The highest BCUT2D eigenvalue weighted by Gasteiger charge is 2.13. The molecule has 1 atom stereocenters. The smallest absolute Gasteiger partial charge is 0.123 e. The van der Waals surface area contributed by atoms with Gasteiger partial charge in [0.2, 0.25) is 0 Å². The van der Waals surface area contributed by atoms with Crippen LogP contribution in [0.4, 0.5) is 4.39 Å². The lowest BCUT2D eigenvalue weighted by molar-refractivity contribution is 0.582. The van der Waals surface area contributed by atoms with Gasteiger partial charge in [-0.05, 0) is 83.9 Å². The minimum atomic E-state index is -0.176. The molecular formula is C16H17FIN. The number of aryl methyl sites for hydroxylation is 1. The summed E-state index contributed by atoms with van der Waals surface area (Å²) in [5, 5.41) is 3.32. The monoisotopic (exact) mass is 369 g/mol. The second-order valence-corrected chi connectivity index (χ2v) is 5.92. The summed E-state index contributed by atoms with van der Waals surface area (Å²) in [4.78, 5) is 0. The molecular weight excluding hydrogens is 352 g/mol. The van der Waals surface area contributed by atoms with Crippen molar-refractivity contribution >= 4 is 22.6 Å². The van der Waals surface area contributed by atoms with Crippen LogP contribution in [-0.4, -0.2) is 7.05 Å². The predicted octanol–water partition coefficient (Wildman–Crippen LogP) is 4.24. The Hall–Kier alpha value is -0.940. The van der Waals surface area contributed by atoms with Gasteiger partial charge in [0.05, 0.1) is 0 Å². The van der Waals surface area contributed by atoms with Gasteiger partial charge in [0.15, 0.2) is 0 Å². The zero-order chi connectivity index (χ0) is 13.8. The lowest BCUT2D eigenvalue weighted by atomic mass is 9.95. The highest BCUT2D eigenvalue weighted by molar-refractivity contribution is 14.1. The second-order valence-electron chi connectivity index (χ2n) is 4.67. The molecule has 2 aromatic rings. The Balaban J connectivity index is 2.22. The van der Waals surface area contributed by atoms with Crippen molar-refractivity contribution in [3.05, 3.63) is 68.5 Å². The summed E-state index contributed by atoms with van der Waals surface area (Å²) in [6.45, 7) is 1.96. The number of benzene rings is 2. The topological polar surface area (TPSA) is 12.0 Å². The third-order valence-electron chi connectivity index (χ3n) is 3.31. The van der Waals surface area contributed by atoms with Crippen LogP contribution in [0, 0.1) is 16.3 Å². The molecule has 0 aromatic heterocycles. The van der Waals surface area contributed by atoms with Gasteiger partial charge >= 0.3 is 0 Å². The first kappa shape index (κ1) is 14.5. The Bertz CT molecular complexity index is 551.